The van der Waals surface area contributed by atoms with Crippen molar-refractivity contribution in [1.82, 2.24) is 4.98 Å². The van der Waals surface area contributed by atoms with E-state index in [2.05, 4.69) is 41.6 Å². The molecule has 0 atom stereocenters. The number of phenols is 1. The lowest BCUT2D eigenvalue weighted by molar-refractivity contribution is 0.00429. The molecular weight excluding hydrogens is 338 g/mol. The molecule has 0 fully saturated rings. The number of phenolic OH excluding ortho intramolecular Hbond substituents is 1. The molecule has 0 aliphatic rings. The highest BCUT2D eigenvalue weighted by Gasteiger charge is 2.10. The lowest BCUT2D eigenvalue weighted by Crippen LogP contribution is -1.90. The first kappa shape index (κ1) is 11.3. The van der Waals surface area contributed by atoms with Gasteiger partial charge in [0, 0.05) is 9.86 Å². The molecule has 0 aliphatic heterocycles. The molecule has 0 bridgehead atoms. The average molecular weight is 343 g/mol. The Morgan fingerprint density at radius 1 is 1.31 bits per heavy atom. The van der Waals surface area contributed by atoms with Gasteiger partial charge in [-0.3, -0.25) is 0 Å². The summed E-state index contributed by atoms with van der Waals surface area (Å²) in [7, 11) is 0. The lowest BCUT2D eigenvalue weighted by atomic mass is 10.2. The van der Waals surface area contributed by atoms with Crippen molar-refractivity contribution < 1.29 is 9.90 Å². The van der Waals surface area contributed by atoms with Crippen LogP contribution in [0.25, 0.3) is 16.4 Å². The van der Waals surface area contributed by atoms with Crippen molar-refractivity contribution in [1.29, 1.82) is 0 Å². The molecule has 1 N–H and O–H groups in total. The molecule has 1 heterocycles. The van der Waals surface area contributed by atoms with Crippen LogP contribution in [0.5, 0.6) is 5.75 Å². The highest BCUT2D eigenvalue weighted by molar-refractivity contribution is 9.11. The number of nitrogens with zero attached hydrogens (tertiary/aromatic N) is 3. The molecule has 1 aromatic carbocycles. The van der Waals surface area contributed by atoms with Crippen molar-refractivity contribution in [3.63, 3.8) is 0 Å². The minimum atomic E-state index is 0.0615. The molecule has 6 heteroatoms. The molecule has 0 radical (unpaired) electrons. The molecule has 0 spiro atoms. The standard InChI is InChI=1S/C10H5Br2N3O/c11-7-3-8(12)10(16)9-6(7)2-1-5(15-9)4-14-13/h1-4,16H. The third-order valence-corrected chi connectivity index (χ3v) is 3.33. The Hall–Kier alpha value is -1.23. The number of aromatic hydroxyl groups is 1. The fourth-order valence-electron chi connectivity index (χ4n) is 1.35. The SMILES string of the molecule is [N-]=[N+]=Cc1ccc2c(Br)cc(Br)c(O)c2n1. The van der Waals surface area contributed by atoms with E-state index in [4.69, 9.17) is 5.53 Å². The Kier molecular flexibility index (Phi) is 3.05. The number of halogens is 2. The molecule has 4 nitrogen and oxygen atoms in total. The summed E-state index contributed by atoms with van der Waals surface area (Å²) in [4.78, 5) is 7.06. The number of fused-ring (bicyclic) bond motifs is 1. The van der Waals surface area contributed by atoms with Crippen LogP contribution in [-0.4, -0.2) is 21.1 Å². The highest BCUT2D eigenvalue weighted by Crippen LogP contribution is 2.36. The number of aromatic nitrogens is 1. The largest absolute Gasteiger partial charge is 0.505 e. The molecule has 2 rings (SSSR count). The van der Waals surface area contributed by atoms with E-state index in [0.717, 1.165) is 9.86 Å². The van der Waals surface area contributed by atoms with Gasteiger partial charge in [-0.2, -0.15) is 4.79 Å². The molecule has 0 unspecified atom stereocenters. The Bertz CT molecular complexity index is 621. The maximum Gasteiger partial charge on any atom is 0.305 e. The summed E-state index contributed by atoms with van der Waals surface area (Å²) in [5, 5.41) is 10.6. The van der Waals surface area contributed by atoms with Gasteiger partial charge in [-0.1, -0.05) is 15.9 Å². The van der Waals surface area contributed by atoms with Gasteiger partial charge in [-0.05, 0) is 34.1 Å². The van der Waals surface area contributed by atoms with E-state index in [1.807, 2.05) is 0 Å². The Morgan fingerprint density at radius 3 is 2.75 bits per heavy atom. The van der Waals surface area contributed by atoms with E-state index in [1.54, 1.807) is 18.2 Å². The Labute approximate surface area is 108 Å². The van der Waals surface area contributed by atoms with Crippen molar-refractivity contribution in [3.05, 3.63) is 38.4 Å². The van der Waals surface area contributed by atoms with Crippen LogP contribution in [0.2, 0.25) is 0 Å². The maximum absolute atomic E-state index is 9.84. The topological polar surface area (TPSA) is 69.5 Å². The van der Waals surface area contributed by atoms with E-state index >= 15 is 0 Å². The lowest BCUT2D eigenvalue weighted by Gasteiger charge is -2.04. The van der Waals surface area contributed by atoms with Crippen LogP contribution in [0.3, 0.4) is 0 Å². The van der Waals surface area contributed by atoms with E-state index in [0.29, 0.717) is 15.7 Å². The van der Waals surface area contributed by atoms with Crippen LogP contribution in [0.15, 0.2) is 27.1 Å². The molecule has 0 aliphatic carbocycles. The number of benzene rings is 1. The molecule has 1 aromatic heterocycles. The van der Waals surface area contributed by atoms with Crippen LogP contribution in [-0.2, 0) is 0 Å². The fraction of sp³-hybridized carbons (Fsp3) is 0. The number of rotatable bonds is 1. The van der Waals surface area contributed by atoms with Gasteiger partial charge in [0.25, 0.3) is 0 Å². The van der Waals surface area contributed by atoms with Crippen LogP contribution in [0.1, 0.15) is 5.69 Å². The summed E-state index contributed by atoms with van der Waals surface area (Å²) in [6.07, 6.45) is 1.20. The van der Waals surface area contributed by atoms with Gasteiger partial charge < -0.3 is 10.6 Å². The molecule has 80 valence electrons. The third kappa shape index (κ3) is 1.87. The third-order valence-electron chi connectivity index (χ3n) is 2.07. The average Bonchev–Trinajstić information content (AvgIpc) is 2.26. The van der Waals surface area contributed by atoms with Crippen molar-refractivity contribution in [3.8, 4) is 5.75 Å². The fourth-order valence-corrected chi connectivity index (χ4v) is 2.62. The molecule has 16 heavy (non-hydrogen) atoms. The molecule has 2 aromatic rings. The van der Waals surface area contributed by atoms with E-state index in [-0.39, 0.29) is 5.75 Å². The molecule has 0 amide bonds. The van der Waals surface area contributed by atoms with Gasteiger partial charge in [-0.15, -0.1) is 0 Å². The molecular formula is C10H5Br2N3O. The minimum absolute atomic E-state index is 0.0615. The predicted molar refractivity (Wildman–Crippen MR) is 67.6 cm³/mol. The van der Waals surface area contributed by atoms with Gasteiger partial charge in [0.05, 0.1) is 4.47 Å². The summed E-state index contributed by atoms with van der Waals surface area (Å²) in [6.45, 7) is 0. The van der Waals surface area contributed by atoms with Crippen molar-refractivity contribution in [2.75, 3.05) is 0 Å². The summed E-state index contributed by atoms with van der Waals surface area (Å²) >= 11 is 6.61. The van der Waals surface area contributed by atoms with Gasteiger partial charge in [-0.25, -0.2) is 4.98 Å². The molecule has 0 saturated heterocycles. The van der Waals surface area contributed by atoms with E-state index in [9.17, 15) is 5.11 Å². The first-order valence-electron chi connectivity index (χ1n) is 4.28. The zero-order valence-electron chi connectivity index (χ0n) is 7.85. The number of hydrogen-bond acceptors (Lipinski definition) is 2. The summed E-state index contributed by atoms with van der Waals surface area (Å²) < 4.78 is 1.38. The zero-order chi connectivity index (χ0) is 11.7. The second-order valence-electron chi connectivity index (χ2n) is 3.07. The zero-order valence-corrected chi connectivity index (χ0v) is 11.0. The second-order valence-corrected chi connectivity index (χ2v) is 4.77. The number of hydrogen-bond donors (Lipinski definition) is 1. The van der Waals surface area contributed by atoms with E-state index in [1.165, 1.54) is 6.21 Å². The van der Waals surface area contributed by atoms with Crippen LogP contribution >= 0.6 is 31.9 Å². The van der Waals surface area contributed by atoms with Gasteiger partial charge in [0.2, 0.25) is 0 Å². The van der Waals surface area contributed by atoms with E-state index < -0.39 is 0 Å². The summed E-state index contributed by atoms with van der Waals surface area (Å²) in [5.74, 6) is 0.0615. The summed E-state index contributed by atoms with van der Waals surface area (Å²) in [5.41, 5.74) is 9.33. The monoisotopic (exact) mass is 341 g/mol. The molecule has 0 saturated carbocycles. The highest BCUT2D eigenvalue weighted by atomic mass is 79.9. The van der Waals surface area contributed by atoms with Crippen molar-refractivity contribution in [2.24, 2.45) is 0 Å². The van der Waals surface area contributed by atoms with Crippen molar-refractivity contribution in [2.45, 2.75) is 0 Å². The van der Waals surface area contributed by atoms with Crippen LogP contribution in [0.4, 0.5) is 0 Å². The Balaban J connectivity index is 2.85. The normalized spacial score (nSPS) is 10.1. The minimum Gasteiger partial charge on any atom is -0.505 e. The van der Waals surface area contributed by atoms with Crippen LogP contribution < -0.4 is 0 Å². The van der Waals surface area contributed by atoms with Crippen LogP contribution in [0, 0.1) is 0 Å². The first-order chi connectivity index (χ1) is 7.63. The maximum atomic E-state index is 9.84. The predicted octanol–water partition coefficient (Wildman–Crippen LogP) is 3.11. The van der Waals surface area contributed by atoms with Gasteiger partial charge >= 0.3 is 6.21 Å². The van der Waals surface area contributed by atoms with Gasteiger partial charge in [0.15, 0.2) is 5.75 Å². The number of pyridine rings is 1. The Morgan fingerprint density at radius 2 is 2.06 bits per heavy atom. The quantitative estimate of drug-likeness (QED) is 0.491. The second kappa shape index (κ2) is 4.33. The first-order valence-corrected chi connectivity index (χ1v) is 5.87. The summed E-state index contributed by atoms with van der Waals surface area (Å²) in [6, 6.07) is 5.23. The van der Waals surface area contributed by atoms with Crippen molar-refractivity contribution >= 4 is 49.0 Å². The van der Waals surface area contributed by atoms with Gasteiger partial charge in [0.1, 0.15) is 11.2 Å². The smallest absolute Gasteiger partial charge is 0.305 e.